The summed E-state index contributed by atoms with van der Waals surface area (Å²) in [5.41, 5.74) is 5.99. The molecule has 4 aromatic heterocycles. The highest BCUT2D eigenvalue weighted by molar-refractivity contribution is 7.47. The van der Waals surface area contributed by atoms with Gasteiger partial charge in [-0.3, -0.25) is 27.5 Å². The summed E-state index contributed by atoms with van der Waals surface area (Å²) in [4.78, 5) is 53.8. The van der Waals surface area contributed by atoms with Crippen LogP contribution in [0.3, 0.4) is 0 Å². The van der Waals surface area contributed by atoms with Crippen LogP contribution in [0.4, 0.5) is 5.82 Å². The van der Waals surface area contributed by atoms with Crippen molar-refractivity contribution in [3.63, 3.8) is 0 Å². The van der Waals surface area contributed by atoms with Crippen LogP contribution in [0.1, 0.15) is 29.5 Å². The average Bonchev–Trinajstić information content (AvgIpc) is 3.74. The lowest BCUT2D eigenvalue weighted by Crippen LogP contribution is -2.33. The van der Waals surface area contributed by atoms with Crippen LogP contribution in [0.15, 0.2) is 22.8 Å². The van der Waals surface area contributed by atoms with Gasteiger partial charge in [0.15, 0.2) is 17.4 Å². The number of aryl methyl sites for hydroxylation is 1. The average molecular weight is 688 g/mol. The summed E-state index contributed by atoms with van der Waals surface area (Å²) in [5, 5.41) is 12.6. The number of imidazole rings is 1. The number of nitrogen functional groups attached to an aromatic ring is 1. The minimum absolute atomic E-state index is 0.0408. The van der Waals surface area contributed by atoms with E-state index in [4.69, 9.17) is 33.3 Å². The summed E-state index contributed by atoms with van der Waals surface area (Å²) in [5.74, 6) is -0.537. The van der Waals surface area contributed by atoms with E-state index >= 15 is 0 Å². The van der Waals surface area contributed by atoms with E-state index in [1.807, 2.05) is 0 Å². The first-order valence-corrected chi connectivity index (χ1v) is 17.4. The van der Waals surface area contributed by atoms with Crippen molar-refractivity contribution in [1.29, 1.82) is 0 Å². The molecule has 0 amide bonds. The fourth-order valence-electron chi connectivity index (χ4n) is 5.73. The van der Waals surface area contributed by atoms with Gasteiger partial charge in [0.2, 0.25) is 0 Å². The molecule has 2 bridgehead atoms. The normalized spacial score (nSPS) is 36.0. The van der Waals surface area contributed by atoms with E-state index in [0.29, 0.717) is 15.8 Å². The molecule has 7 rings (SSSR count). The van der Waals surface area contributed by atoms with E-state index in [2.05, 4.69) is 24.9 Å². The summed E-state index contributed by atoms with van der Waals surface area (Å²) in [6, 6.07) is 0. The zero-order valence-corrected chi connectivity index (χ0v) is 25.8. The van der Waals surface area contributed by atoms with Gasteiger partial charge in [-0.1, -0.05) is 0 Å². The fourth-order valence-corrected chi connectivity index (χ4v) is 8.71. The molecule has 0 spiro atoms. The molecular formula is C23H27N7O12P2S. The number of phosphoric acid groups is 2. The Bertz CT molecular complexity index is 1920. The standard InChI is InChI=1S/C23H27N7O12P2S/c1-9-28-21-17(22(32)29-9)27-8-30(21)23-18-10(3-31)14(40-23)4-37-43(33,34)41-12-2-13(39-15(12)5-38-44(35,36)42-18)19-16-11(6-45-19)20(24)26-7-25-16/h6-8,10,12-15,18,23,31H,2-5H2,1H3,(H,33,34)(H,35,36)(H2,24,25,26)(H,28,29,32)/t10-,12+,13-,14-,15-,18-,23-/m1/s1. The van der Waals surface area contributed by atoms with Gasteiger partial charge in [-0.2, -0.15) is 0 Å². The van der Waals surface area contributed by atoms with Gasteiger partial charge in [-0.15, -0.1) is 11.3 Å². The van der Waals surface area contributed by atoms with Gasteiger partial charge in [0, 0.05) is 17.7 Å². The molecule has 7 heterocycles. The van der Waals surface area contributed by atoms with Gasteiger partial charge in [0.25, 0.3) is 5.56 Å². The lowest BCUT2D eigenvalue weighted by molar-refractivity contribution is -0.0623. The van der Waals surface area contributed by atoms with Crippen LogP contribution in [0.5, 0.6) is 0 Å². The number of nitrogens with one attached hydrogen (secondary N) is 1. The Kier molecular flexibility index (Phi) is 7.91. The molecule has 45 heavy (non-hydrogen) atoms. The second-order valence-corrected chi connectivity index (χ2v) is 14.4. The number of thiophene rings is 1. The summed E-state index contributed by atoms with van der Waals surface area (Å²) in [6.45, 7) is -0.275. The second kappa shape index (κ2) is 11.5. The third-order valence-corrected chi connectivity index (χ3v) is 10.9. The van der Waals surface area contributed by atoms with Gasteiger partial charge in [0.05, 0.1) is 54.1 Å². The smallest absolute Gasteiger partial charge is 0.396 e. The van der Waals surface area contributed by atoms with Crippen molar-refractivity contribution in [2.24, 2.45) is 5.92 Å². The van der Waals surface area contributed by atoms with E-state index < -0.39 is 83.7 Å². The number of aromatic amines is 1. The van der Waals surface area contributed by atoms with Gasteiger partial charge in [-0.05, 0) is 6.92 Å². The molecule has 22 heteroatoms. The maximum atomic E-state index is 13.3. The van der Waals surface area contributed by atoms with Crippen LogP contribution in [-0.4, -0.2) is 88.6 Å². The molecule has 0 aliphatic carbocycles. The topological polar surface area (TPSA) is 266 Å². The van der Waals surface area contributed by atoms with Crippen molar-refractivity contribution >= 4 is 54.9 Å². The molecule has 242 valence electrons. The number of rotatable bonds is 3. The molecule has 3 fully saturated rings. The van der Waals surface area contributed by atoms with Crippen LogP contribution in [0.25, 0.3) is 22.1 Å². The van der Waals surface area contributed by atoms with Crippen molar-refractivity contribution in [2.75, 3.05) is 25.6 Å². The molecule has 3 aliphatic heterocycles. The Balaban J connectivity index is 1.20. The van der Waals surface area contributed by atoms with Crippen LogP contribution in [0, 0.1) is 12.8 Å². The number of nitrogens with zero attached hydrogens (tertiary/aromatic N) is 5. The number of anilines is 1. The second-order valence-electron chi connectivity index (χ2n) is 10.6. The van der Waals surface area contributed by atoms with Crippen molar-refractivity contribution in [1.82, 2.24) is 29.5 Å². The number of aliphatic hydroxyl groups excluding tert-OH is 1. The summed E-state index contributed by atoms with van der Waals surface area (Å²) in [7, 11) is -9.73. The number of ether oxygens (including phenoxy) is 2. The number of aromatic nitrogens is 6. The highest BCUT2D eigenvalue weighted by atomic mass is 32.1. The maximum Gasteiger partial charge on any atom is 0.472 e. The van der Waals surface area contributed by atoms with E-state index in [0.717, 1.165) is 0 Å². The predicted molar refractivity (Wildman–Crippen MR) is 153 cm³/mol. The Morgan fingerprint density at radius 2 is 1.82 bits per heavy atom. The number of H-pyrrole nitrogens is 1. The molecular weight excluding hydrogens is 660 g/mol. The van der Waals surface area contributed by atoms with Crippen molar-refractivity contribution in [3.05, 3.63) is 39.1 Å². The molecule has 0 saturated carbocycles. The van der Waals surface area contributed by atoms with Crippen molar-refractivity contribution in [2.45, 2.75) is 50.1 Å². The lowest BCUT2D eigenvalue weighted by atomic mass is 9.99. The number of hydrogen-bond donors (Lipinski definition) is 5. The number of fused-ring (bicyclic) bond motifs is 5. The Labute approximate surface area is 256 Å². The van der Waals surface area contributed by atoms with Crippen LogP contribution in [-0.2, 0) is 36.7 Å². The van der Waals surface area contributed by atoms with Crippen LogP contribution >= 0.6 is 27.0 Å². The molecule has 0 radical (unpaired) electrons. The maximum absolute atomic E-state index is 13.3. The first kappa shape index (κ1) is 30.9. The van der Waals surface area contributed by atoms with E-state index in [1.165, 1.54) is 28.6 Å². The van der Waals surface area contributed by atoms with Crippen molar-refractivity contribution < 1.29 is 51.6 Å². The minimum atomic E-state index is -4.93. The summed E-state index contributed by atoms with van der Waals surface area (Å²) >= 11 is 1.29. The fraction of sp³-hybridized carbons (Fsp3) is 0.522. The van der Waals surface area contributed by atoms with Gasteiger partial charge >= 0.3 is 15.6 Å². The monoisotopic (exact) mass is 687 g/mol. The van der Waals surface area contributed by atoms with E-state index in [9.17, 15) is 28.8 Å². The molecule has 3 saturated heterocycles. The van der Waals surface area contributed by atoms with Gasteiger partial charge in [0.1, 0.15) is 36.3 Å². The van der Waals surface area contributed by atoms with Gasteiger partial charge in [-0.25, -0.2) is 29.1 Å². The molecule has 2 unspecified atom stereocenters. The van der Waals surface area contributed by atoms with E-state index in [-0.39, 0.29) is 29.2 Å². The third-order valence-electron chi connectivity index (χ3n) is 7.80. The third kappa shape index (κ3) is 5.75. The minimum Gasteiger partial charge on any atom is -0.396 e. The number of hydrogen-bond acceptors (Lipinski definition) is 16. The molecule has 9 atom stereocenters. The predicted octanol–water partition coefficient (Wildman–Crippen LogP) is 1.07. The van der Waals surface area contributed by atoms with Crippen LogP contribution in [0.2, 0.25) is 0 Å². The Hall–Kier alpha value is -2.71. The first-order chi connectivity index (χ1) is 21.4. The summed E-state index contributed by atoms with van der Waals surface area (Å²) in [6.07, 6.45) is -4.21. The molecule has 0 aromatic carbocycles. The zero-order chi connectivity index (χ0) is 31.7. The van der Waals surface area contributed by atoms with Crippen LogP contribution < -0.4 is 11.3 Å². The Morgan fingerprint density at radius 1 is 1.07 bits per heavy atom. The summed E-state index contributed by atoms with van der Waals surface area (Å²) < 4.78 is 61.7. The SMILES string of the molecule is Cc1nc2c(ncn2[C@@H]2O[C@@H]3COP(=O)(O)O[C@H]4C[C@H](c5scc6c(N)ncnc56)O[C@@H]4COP(=O)(O)O[C@@H]2[C@@H]3CO)c(=O)[nH]1. The number of aliphatic hydroxyl groups is 1. The Morgan fingerprint density at radius 3 is 2.60 bits per heavy atom. The first-order valence-electron chi connectivity index (χ1n) is 13.6. The lowest BCUT2D eigenvalue weighted by Gasteiger charge is -2.26. The number of nitrogens with two attached hydrogens (primary N) is 1. The molecule has 4 aromatic rings. The molecule has 3 aliphatic rings. The van der Waals surface area contributed by atoms with Crippen molar-refractivity contribution in [3.8, 4) is 0 Å². The highest BCUT2D eigenvalue weighted by Gasteiger charge is 2.52. The highest BCUT2D eigenvalue weighted by Crippen LogP contribution is 2.55. The number of phosphoric ester groups is 2. The zero-order valence-electron chi connectivity index (χ0n) is 23.2. The quantitative estimate of drug-likeness (QED) is 0.189. The van der Waals surface area contributed by atoms with Gasteiger partial charge < -0.3 is 35.1 Å². The molecule has 6 N–H and O–H groups in total. The van der Waals surface area contributed by atoms with E-state index in [1.54, 1.807) is 12.3 Å². The molecule has 19 nitrogen and oxygen atoms in total. The largest absolute Gasteiger partial charge is 0.472 e.